The van der Waals surface area contributed by atoms with E-state index in [2.05, 4.69) is 23.4 Å². The van der Waals surface area contributed by atoms with Crippen LogP contribution in [0.3, 0.4) is 0 Å². The van der Waals surface area contributed by atoms with E-state index in [9.17, 15) is 0 Å². The van der Waals surface area contributed by atoms with Gasteiger partial charge in [-0.3, -0.25) is 0 Å². The van der Waals surface area contributed by atoms with Crippen molar-refractivity contribution >= 4 is 27.8 Å². The van der Waals surface area contributed by atoms with Crippen molar-refractivity contribution in [2.45, 2.75) is 39.5 Å². The van der Waals surface area contributed by atoms with Gasteiger partial charge in [-0.05, 0) is 26.8 Å². The van der Waals surface area contributed by atoms with Gasteiger partial charge in [0.15, 0.2) is 5.82 Å². The van der Waals surface area contributed by atoms with Gasteiger partial charge in [0.2, 0.25) is 0 Å². The molecule has 0 saturated carbocycles. The van der Waals surface area contributed by atoms with Gasteiger partial charge in [0.1, 0.15) is 17.9 Å². The molecule has 0 aliphatic rings. The number of benzene rings is 1. The highest BCUT2D eigenvalue weighted by molar-refractivity contribution is 6.06. The fourth-order valence-electron chi connectivity index (χ4n) is 3.65. The summed E-state index contributed by atoms with van der Waals surface area (Å²) >= 11 is 0. The second-order valence-corrected chi connectivity index (χ2v) is 8.29. The molecule has 0 radical (unpaired) electrons. The summed E-state index contributed by atoms with van der Waals surface area (Å²) < 4.78 is 30.0. The van der Waals surface area contributed by atoms with Crippen molar-refractivity contribution in [1.29, 1.82) is 0 Å². The Labute approximate surface area is 195 Å². The maximum atomic E-state index is 6.27. The summed E-state index contributed by atoms with van der Waals surface area (Å²) in [5.41, 5.74) is 8.29. The highest BCUT2D eigenvalue weighted by atomic mass is 16.6. The van der Waals surface area contributed by atoms with Crippen LogP contribution in [-0.4, -0.2) is 73.5 Å². The summed E-state index contributed by atoms with van der Waals surface area (Å²) in [6, 6.07) is 7.96. The topological polar surface area (TPSA) is 103 Å². The molecule has 0 bridgehead atoms. The number of methoxy groups -OCH3 is 1. The van der Waals surface area contributed by atoms with Gasteiger partial charge < -0.3 is 34.0 Å². The van der Waals surface area contributed by atoms with Crippen molar-refractivity contribution in [2.75, 3.05) is 59.1 Å². The number of ether oxygens (including phenoxy) is 5. The predicted octanol–water partition coefficient (Wildman–Crippen LogP) is 3.18. The van der Waals surface area contributed by atoms with Crippen LogP contribution in [0.2, 0.25) is 0 Å². The number of para-hydroxylation sites is 1. The van der Waals surface area contributed by atoms with Gasteiger partial charge in [-0.15, -0.1) is 0 Å². The molecule has 0 aliphatic carbocycles. The lowest BCUT2D eigenvalue weighted by Crippen LogP contribution is -2.32. The van der Waals surface area contributed by atoms with E-state index in [0.717, 1.165) is 22.2 Å². The quantitative estimate of drug-likeness (QED) is 0.345. The Morgan fingerprint density at radius 2 is 1.64 bits per heavy atom. The van der Waals surface area contributed by atoms with Crippen LogP contribution in [0.25, 0.3) is 21.9 Å². The number of hydrogen-bond donors (Lipinski definition) is 1. The molecule has 0 unspecified atom stereocenters. The lowest BCUT2D eigenvalue weighted by Gasteiger charge is -2.27. The fraction of sp³-hybridized carbons (Fsp3) is 0.583. The van der Waals surface area contributed by atoms with Crippen LogP contribution in [0.1, 0.15) is 26.6 Å². The third kappa shape index (κ3) is 6.84. The maximum Gasteiger partial charge on any atom is 0.152 e. The SMILES string of the molecule is CCOCc1nc2c(N)nc3ccccc3c2n1CC(C)(C)OCCOCCOCCOC. The lowest BCUT2D eigenvalue weighted by molar-refractivity contribution is -0.0611. The smallest absolute Gasteiger partial charge is 0.152 e. The molecule has 2 heterocycles. The van der Waals surface area contributed by atoms with Crippen molar-refractivity contribution in [3.05, 3.63) is 30.1 Å². The van der Waals surface area contributed by atoms with E-state index in [1.54, 1.807) is 7.11 Å². The highest BCUT2D eigenvalue weighted by Gasteiger charge is 2.25. The Morgan fingerprint density at radius 1 is 0.939 bits per heavy atom. The van der Waals surface area contributed by atoms with Gasteiger partial charge in [-0.25, -0.2) is 9.97 Å². The molecule has 33 heavy (non-hydrogen) atoms. The minimum Gasteiger partial charge on any atom is -0.382 e. The number of nitrogen functional groups attached to an aromatic ring is 1. The molecular formula is C24H36N4O5. The summed E-state index contributed by atoms with van der Waals surface area (Å²) in [4.78, 5) is 9.32. The summed E-state index contributed by atoms with van der Waals surface area (Å²) in [5, 5.41) is 1.00. The summed E-state index contributed by atoms with van der Waals surface area (Å²) in [5.74, 6) is 1.22. The molecule has 9 heteroatoms. The first-order chi connectivity index (χ1) is 16.0. The monoisotopic (exact) mass is 460 g/mol. The maximum absolute atomic E-state index is 6.27. The van der Waals surface area contributed by atoms with E-state index in [4.69, 9.17) is 34.4 Å². The number of imidazole rings is 1. The molecule has 0 fully saturated rings. The average Bonchev–Trinajstić information content (AvgIpc) is 3.15. The van der Waals surface area contributed by atoms with E-state index < -0.39 is 5.60 Å². The number of fused-ring (bicyclic) bond motifs is 3. The summed E-state index contributed by atoms with van der Waals surface area (Å²) in [7, 11) is 1.65. The van der Waals surface area contributed by atoms with E-state index in [-0.39, 0.29) is 0 Å². The molecule has 3 rings (SSSR count). The number of pyridine rings is 1. The molecule has 0 amide bonds. The van der Waals surface area contributed by atoms with Gasteiger partial charge in [0.05, 0.1) is 62.8 Å². The molecule has 0 atom stereocenters. The largest absolute Gasteiger partial charge is 0.382 e. The third-order valence-electron chi connectivity index (χ3n) is 5.19. The molecule has 2 N–H and O–H groups in total. The zero-order valence-electron chi connectivity index (χ0n) is 20.1. The zero-order valence-corrected chi connectivity index (χ0v) is 20.1. The van der Waals surface area contributed by atoms with Crippen LogP contribution in [0, 0.1) is 0 Å². The standard InChI is InChI=1S/C24H36N4O5/c1-5-30-16-20-27-21-22(18-8-6-7-9-19(18)26-23(21)25)28(20)17-24(2,3)33-15-14-32-13-12-31-11-10-29-4/h6-9H,5,10-17H2,1-4H3,(H2,25,26). The number of nitrogens with two attached hydrogens (primary N) is 1. The van der Waals surface area contributed by atoms with Crippen molar-refractivity contribution in [2.24, 2.45) is 0 Å². The van der Waals surface area contributed by atoms with Gasteiger partial charge in [-0.2, -0.15) is 0 Å². The van der Waals surface area contributed by atoms with Crippen LogP contribution in [0.5, 0.6) is 0 Å². The van der Waals surface area contributed by atoms with Gasteiger partial charge >= 0.3 is 0 Å². The molecule has 0 aliphatic heterocycles. The van der Waals surface area contributed by atoms with E-state index in [1.165, 1.54) is 0 Å². The van der Waals surface area contributed by atoms with Gasteiger partial charge in [-0.1, -0.05) is 18.2 Å². The minimum absolute atomic E-state index is 0.390. The van der Waals surface area contributed by atoms with Crippen molar-refractivity contribution in [3.8, 4) is 0 Å². The Balaban J connectivity index is 1.71. The number of rotatable bonds is 15. The molecular weight excluding hydrogens is 424 g/mol. The van der Waals surface area contributed by atoms with Crippen molar-refractivity contribution in [1.82, 2.24) is 14.5 Å². The molecule has 1 aromatic carbocycles. The average molecular weight is 461 g/mol. The number of aromatic nitrogens is 3. The molecule has 9 nitrogen and oxygen atoms in total. The Hall–Kier alpha value is -2.30. The first kappa shape index (κ1) is 25.3. The zero-order chi connectivity index (χ0) is 23.7. The number of nitrogens with zero attached hydrogens (tertiary/aromatic N) is 3. The third-order valence-corrected chi connectivity index (χ3v) is 5.19. The second kappa shape index (κ2) is 12.2. The van der Waals surface area contributed by atoms with Crippen LogP contribution < -0.4 is 5.73 Å². The normalized spacial score (nSPS) is 12.2. The summed E-state index contributed by atoms with van der Waals surface area (Å²) in [6.45, 7) is 10.8. The van der Waals surface area contributed by atoms with E-state index in [1.807, 2.05) is 31.2 Å². The predicted molar refractivity (Wildman–Crippen MR) is 128 cm³/mol. The number of anilines is 1. The minimum atomic E-state index is -0.466. The van der Waals surface area contributed by atoms with Crippen LogP contribution in [-0.2, 0) is 36.8 Å². The summed E-state index contributed by atoms with van der Waals surface area (Å²) in [6.07, 6.45) is 0. The molecule has 182 valence electrons. The van der Waals surface area contributed by atoms with Crippen molar-refractivity contribution in [3.63, 3.8) is 0 Å². The van der Waals surface area contributed by atoms with E-state index >= 15 is 0 Å². The first-order valence-electron chi connectivity index (χ1n) is 11.4. The van der Waals surface area contributed by atoms with E-state index in [0.29, 0.717) is 70.7 Å². The van der Waals surface area contributed by atoms with Crippen LogP contribution >= 0.6 is 0 Å². The lowest BCUT2D eigenvalue weighted by atomic mass is 10.1. The molecule has 2 aromatic heterocycles. The number of hydrogen-bond acceptors (Lipinski definition) is 8. The van der Waals surface area contributed by atoms with Crippen LogP contribution in [0.4, 0.5) is 5.82 Å². The van der Waals surface area contributed by atoms with Crippen LogP contribution in [0.15, 0.2) is 24.3 Å². The second-order valence-electron chi connectivity index (χ2n) is 8.29. The molecule has 0 saturated heterocycles. The molecule has 3 aromatic rings. The highest BCUT2D eigenvalue weighted by Crippen LogP contribution is 2.30. The Kier molecular flexibility index (Phi) is 9.40. The van der Waals surface area contributed by atoms with Crippen molar-refractivity contribution < 1.29 is 23.7 Å². The Morgan fingerprint density at radius 3 is 2.36 bits per heavy atom. The first-order valence-corrected chi connectivity index (χ1v) is 11.4. The van der Waals surface area contributed by atoms with Gasteiger partial charge in [0, 0.05) is 19.1 Å². The molecule has 0 spiro atoms. The van der Waals surface area contributed by atoms with Gasteiger partial charge in [0.25, 0.3) is 0 Å². The Bertz CT molecular complexity index is 1020. The fourth-order valence-corrected chi connectivity index (χ4v) is 3.65.